The van der Waals surface area contributed by atoms with E-state index >= 15 is 4.39 Å². The molecule has 6 rings (SSSR count). The monoisotopic (exact) mass is 623 g/mol. The second kappa shape index (κ2) is 12.2. The molecule has 9 nitrogen and oxygen atoms in total. The molecule has 2 aliphatic rings. The lowest BCUT2D eigenvalue weighted by Gasteiger charge is -2.36. The van der Waals surface area contributed by atoms with Gasteiger partial charge in [0.25, 0.3) is 5.92 Å². The van der Waals surface area contributed by atoms with Crippen LogP contribution in [0.1, 0.15) is 18.9 Å². The summed E-state index contributed by atoms with van der Waals surface area (Å²) in [6.45, 7) is 3.66. The Kier molecular flexibility index (Phi) is 8.29. The molecule has 0 bridgehead atoms. The number of rotatable bonds is 7. The Labute approximate surface area is 257 Å². The van der Waals surface area contributed by atoms with Crippen LogP contribution in [0.15, 0.2) is 48.4 Å². The molecule has 0 spiro atoms. The van der Waals surface area contributed by atoms with Crippen molar-refractivity contribution >= 4 is 33.4 Å². The number of alkyl halides is 3. The second-order valence-electron chi connectivity index (χ2n) is 11.6. The van der Waals surface area contributed by atoms with Gasteiger partial charge in [-0.25, -0.2) is 17.6 Å². The maximum Gasteiger partial charge on any atom is 0.319 e. The SMILES string of the molecule is C/C(=C\CF)C(=O)N1CCN(c2nc(OC[C@@H]3CC(F)(F)CN3C)nc3c(F)c(-c4cncc5cccc(C)c45)ncc23)CC1. The Bertz CT molecular complexity index is 1790. The second-order valence-corrected chi connectivity index (χ2v) is 11.6. The summed E-state index contributed by atoms with van der Waals surface area (Å²) >= 11 is 0. The summed E-state index contributed by atoms with van der Waals surface area (Å²) in [4.78, 5) is 35.6. The molecule has 1 aromatic carbocycles. The maximum atomic E-state index is 16.5. The number of carbonyl (C=O) groups excluding carboxylic acids is 1. The summed E-state index contributed by atoms with van der Waals surface area (Å²) in [5.74, 6) is -3.42. The predicted molar refractivity (Wildman–Crippen MR) is 163 cm³/mol. The highest BCUT2D eigenvalue weighted by Crippen LogP contribution is 2.36. The minimum Gasteiger partial charge on any atom is -0.462 e. The van der Waals surface area contributed by atoms with Crippen LogP contribution >= 0.6 is 0 Å². The number of likely N-dealkylation sites (N-methyl/N-ethyl adjacent to an activating group) is 1. The van der Waals surface area contributed by atoms with Crippen LogP contribution in [0.2, 0.25) is 0 Å². The molecule has 0 saturated carbocycles. The minimum absolute atomic E-state index is 0.0316. The Hall–Kier alpha value is -4.39. The van der Waals surface area contributed by atoms with E-state index < -0.39 is 24.5 Å². The summed E-state index contributed by atoms with van der Waals surface area (Å²) in [7, 11) is 1.60. The van der Waals surface area contributed by atoms with E-state index in [1.54, 1.807) is 31.3 Å². The number of benzene rings is 1. The summed E-state index contributed by atoms with van der Waals surface area (Å²) < 4.78 is 63.2. The van der Waals surface area contributed by atoms with Crippen molar-refractivity contribution in [3.05, 3.63) is 59.8 Å². The van der Waals surface area contributed by atoms with E-state index in [1.807, 2.05) is 30.0 Å². The van der Waals surface area contributed by atoms with Crippen molar-refractivity contribution in [3.63, 3.8) is 0 Å². The molecule has 0 unspecified atom stereocenters. The summed E-state index contributed by atoms with van der Waals surface area (Å²) in [6.07, 6.45) is 5.66. The van der Waals surface area contributed by atoms with Crippen molar-refractivity contribution in [2.75, 3.05) is 58.0 Å². The van der Waals surface area contributed by atoms with E-state index in [2.05, 4.69) is 19.9 Å². The number of aromatic nitrogens is 4. The van der Waals surface area contributed by atoms with Crippen molar-refractivity contribution in [3.8, 4) is 17.3 Å². The standard InChI is InChI=1S/C32H33F4N7O2/c1-19-5-4-6-21-14-37-15-23(25(19)21)27-26(34)28-24(16-38-27)29(42-9-11-43(12-10-42)30(44)20(2)7-8-33)40-31(39-28)45-17-22-13-32(35,36)18-41(22)3/h4-7,14-16,22H,8-13,17-18H2,1-3H3/b20-7+/t22-/m0/s1. The topological polar surface area (TPSA) is 87.6 Å². The van der Waals surface area contributed by atoms with E-state index in [0.717, 1.165) is 16.3 Å². The van der Waals surface area contributed by atoms with Crippen molar-refractivity contribution in [1.82, 2.24) is 29.7 Å². The first-order valence-electron chi connectivity index (χ1n) is 14.7. The van der Waals surface area contributed by atoms with Crippen LogP contribution in [-0.2, 0) is 4.79 Å². The third kappa shape index (κ3) is 6.00. The molecule has 1 atom stereocenters. The largest absolute Gasteiger partial charge is 0.462 e. The number of amides is 1. The van der Waals surface area contributed by atoms with Gasteiger partial charge in [-0.1, -0.05) is 18.2 Å². The van der Waals surface area contributed by atoms with Crippen LogP contribution in [0.4, 0.5) is 23.4 Å². The zero-order chi connectivity index (χ0) is 31.9. The molecule has 1 amide bonds. The van der Waals surface area contributed by atoms with Crippen LogP contribution in [0, 0.1) is 12.7 Å². The lowest BCUT2D eigenvalue weighted by atomic mass is 10.00. The first-order chi connectivity index (χ1) is 21.6. The lowest BCUT2D eigenvalue weighted by molar-refractivity contribution is -0.127. The number of ether oxygens (including phenoxy) is 1. The summed E-state index contributed by atoms with van der Waals surface area (Å²) in [6, 6.07) is 5.01. The Morgan fingerprint density at radius 2 is 1.91 bits per heavy atom. The molecule has 236 valence electrons. The number of anilines is 1. The molecular weight excluding hydrogens is 590 g/mol. The number of nitrogens with zero attached hydrogens (tertiary/aromatic N) is 7. The van der Waals surface area contributed by atoms with Crippen LogP contribution in [0.25, 0.3) is 32.9 Å². The fourth-order valence-corrected chi connectivity index (χ4v) is 6.11. The van der Waals surface area contributed by atoms with Gasteiger partial charge in [0.1, 0.15) is 30.3 Å². The Morgan fingerprint density at radius 1 is 1.13 bits per heavy atom. The molecular formula is C32H33F4N7O2. The van der Waals surface area contributed by atoms with E-state index in [4.69, 9.17) is 4.74 Å². The lowest BCUT2D eigenvalue weighted by Crippen LogP contribution is -2.49. The number of hydrogen-bond donors (Lipinski definition) is 0. The van der Waals surface area contributed by atoms with Gasteiger partial charge in [-0.15, -0.1) is 0 Å². The zero-order valence-corrected chi connectivity index (χ0v) is 25.2. The molecule has 2 aliphatic heterocycles. The quantitative estimate of drug-likeness (QED) is 0.211. The van der Waals surface area contributed by atoms with Gasteiger partial charge in [-0.2, -0.15) is 9.97 Å². The molecule has 2 fully saturated rings. The molecule has 5 heterocycles. The molecule has 45 heavy (non-hydrogen) atoms. The van der Waals surface area contributed by atoms with Gasteiger partial charge in [-0.05, 0) is 37.9 Å². The number of pyridine rings is 2. The highest BCUT2D eigenvalue weighted by molar-refractivity contribution is 6.00. The number of hydrogen-bond acceptors (Lipinski definition) is 8. The van der Waals surface area contributed by atoms with Crippen LogP contribution < -0.4 is 9.64 Å². The molecule has 4 aromatic rings. The number of likely N-dealkylation sites (tertiary alicyclic amines) is 1. The van der Waals surface area contributed by atoms with Crippen LogP contribution in [0.3, 0.4) is 0 Å². The van der Waals surface area contributed by atoms with Crippen molar-refractivity contribution in [2.45, 2.75) is 32.2 Å². The van der Waals surface area contributed by atoms with Gasteiger partial charge in [0.2, 0.25) is 5.91 Å². The molecule has 2 saturated heterocycles. The number of piperazine rings is 1. The zero-order valence-electron chi connectivity index (χ0n) is 25.2. The van der Waals surface area contributed by atoms with E-state index in [9.17, 15) is 18.0 Å². The fourth-order valence-electron chi connectivity index (χ4n) is 6.11. The normalized spacial score (nSPS) is 19.1. The summed E-state index contributed by atoms with van der Waals surface area (Å²) in [5.41, 5.74) is 1.79. The van der Waals surface area contributed by atoms with E-state index in [0.29, 0.717) is 48.5 Å². The smallest absolute Gasteiger partial charge is 0.319 e. The average molecular weight is 624 g/mol. The van der Waals surface area contributed by atoms with E-state index in [1.165, 1.54) is 17.2 Å². The summed E-state index contributed by atoms with van der Waals surface area (Å²) in [5, 5.41) is 1.99. The molecule has 0 radical (unpaired) electrons. The van der Waals surface area contributed by atoms with Crippen LogP contribution in [0.5, 0.6) is 6.01 Å². The third-order valence-electron chi connectivity index (χ3n) is 8.52. The number of fused-ring (bicyclic) bond motifs is 2. The maximum absolute atomic E-state index is 16.5. The average Bonchev–Trinajstić information content (AvgIpc) is 3.30. The van der Waals surface area contributed by atoms with Crippen molar-refractivity contribution < 1.29 is 27.1 Å². The third-order valence-corrected chi connectivity index (χ3v) is 8.52. The first-order valence-corrected chi connectivity index (χ1v) is 14.7. The van der Waals surface area contributed by atoms with Crippen molar-refractivity contribution in [1.29, 1.82) is 0 Å². The Balaban J connectivity index is 1.39. The first kappa shape index (κ1) is 30.6. The predicted octanol–water partition coefficient (Wildman–Crippen LogP) is 4.97. The highest BCUT2D eigenvalue weighted by atomic mass is 19.3. The van der Waals surface area contributed by atoms with Gasteiger partial charge in [-0.3, -0.25) is 19.7 Å². The van der Waals surface area contributed by atoms with Crippen LogP contribution in [-0.4, -0.2) is 101 Å². The highest BCUT2D eigenvalue weighted by Gasteiger charge is 2.43. The fraction of sp³-hybridized carbons (Fsp3) is 0.406. The number of aryl methyl sites for hydroxylation is 1. The number of carbonyl (C=O) groups is 1. The van der Waals surface area contributed by atoms with Gasteiger partial charge < -0.3 is 14.5 Å². The number of allylic oxidation sites excluding steroid dienone is 1. The van der Waals surface area contributed by atoms with E-state index in [-0.39, 0.29) is 42.7 Å². The molecule has 0 N–H and O–H groups in total. The molecule has 0 aliphatic carbocycles. The molecule has 3 aromatic heterocycles. The minimum atomic E-state index is -2.83. The van der Waals surface area contributed by atoms with Crippen molar-refractivity contribution in [2.24, 2.45) is 0 Å². The van der Waals surface area contributed by atoms with Gasteiger partial charge in [0.15, 0.2) is 5.82 Å². The van der Waals surface area contributed by atoms with Gasteiger partial charge >= 0.3 is 6.01 Å². The Morgan fingerprint density at radius 3 is 2.62 bits per heavy atom. The molecule has 13 heteroatoms. The van der Waals surface area contributed by atoms with Gasteiger partial charge in [0, 0.05) is 73.8 Å². The van der Waals surface area contributed by atoms with Gasteiger partial charge in [0.05, 0.1) is 11.9 Å². The number of halogens is 4.